The van der Waals surface area contributed by atoms with Crippen LogP contribution in [0.3, 0.4) is 0 Å². The lowest BCUT2D eigenvalue weighted by atomic mass is 9.99. The minimum atomic E-state index is -0.510. The van der Waals surface area contributed by atoms with Crippen LogP contribution in [-0.4, -0.2) is 28.3 Å². The molecule has 1 N–H and O–H groups in total. The van der Waals surface area contributed by atoms with Gasteiger partial charge in [0.15, 0.2) is 0 Å². The number of amides is 2. The fourth-order valence-corrected chi connectivity index (χ4v) is 4.24. The van der Waals surface area contributed by atoms with Crippen molar-refractivity contribution in [3.05, 3.63) is 83.4 Å². The average Bonchev–Trinajstić information content (AvgIpc) is 2.77. The highest BCUT2D eigenvalue weighted by Crippen LogP contribution is 2.22. The van der Waals surface area contributed by atoms with Gasteiger partial charge >= 0.3 is 0 Å². The summed E-state index contributed by atoms with van der Waals surface area (Å²) in [5, 5.41) is 5.42. The zero-order valence-corrected chi connectivity index (χ0v) is 20.5. The highest BCUT2D eigenvalue weighted by Gasteiger charge is 2.30. The zero-order chi connectivity index (χ0) is 24.0. The fraction of sp³-hybridized carbons (Fsp3) is 0.379. The van der Waals surface area contributed by atoms with Crippen molar-refractivity contribution in [3.63, 3.8) is 0 Å². The Bertz CT molecular complexity index is 1110. The van der Waals surface area contributed by atoms with Gasteiger partial charge in [0.25, 0.3) is 0 Å². The van der Waals surface area contributed by atoms with Gasteiger partial charge in [0.05, 0.1) is 0 Å². The number of nitrogens with one attached hydrogen (secondary N) is 1. The van der Waals surface area contributed by atoms with Crippen molar-refractivity contribution in [3.8, 4) is 0 Å². The molecule has 3 rings (SSSR count). The largest absolute Gasteiger partial charge is 0.350 e. The third-order valence-corrected chi connectivity index (χ3v) is 5.97. The number of hydrogen-bond acceptors (Lipinski definition) is 2. The second kappa shape index (κ2) is 10.7. The average molecular weight is 445 g/mol. The van der Waals surface area contributed by atoms with E-state index in [-0.39, 0.29) is 17.4 Å². The first-order valence-electron chi connectivity index (χ1n) is 11.8. The predicted octanol–water partition coefficient (Wildman–Crippen LogP) is 5.80. The summed E-state index contributed by atoms with van der Waals surface area (Å²) in [7, 11) is 0. The zero-order valence-electron chi connectivity index (χ0n) is 20.5. The van der Waals surface area contributed by atoms with Crippen LogP contribution in [-0.2, 0) is 22.6 Å². The van der Waals surface area contributed by atoms with E-state index in [9.17, 15) is 9.59 Å². The maximum Gasteiger partial charge on any atom is 0.243 e. The Kier molecular flexibility index (Phi) is 7.91. The van der Waals surface area contributed by atoms with Crippen LogP contribution in [0.4, 0.5) is 0 Å². The molecule has 0 aliphatic heterocycles. The maximum atomic E-state index is 13.6. The molecule has 1 atom stereocenters. The molecule has 0 saturated carbocycles. The molecule has 4 nitrogen and oxygen atoms in total. The molecule has 0 aliphatic rings. The fourth-order valence-electron chi connectivity index (χ4n) is 4.24. The standard InChI is InChI=1S/C29H36N2O2/c1-6-26(28(33)30-29(3,4)5)31(20-24-14-8-7-12-21(24)2)27(32)19-18-23-16-11-15-22-13-9-10-17-25(22)23/h7-17,26H,6,18-20H2,1-5H3,(H,30,33)/t26-/m0/s1. The van der Waals surface area contributed by atoms with Crippen LogP contribution in [0.2, 0.25) is 0 Å². The number of carbonyl (C=O) groups is 2. The van der Waals surface area contributed by atoms with Crippen molar-refractivity contribution in [1.29, 1.82) is 0 Å². The lowest BCUT2D eigenvalue weighted by molar-refractivity contribution is -0.142. The molecule has 0 aromatic heterocycles. The van der Waals surface area contributed by atoms with E-state index in [0.717, 1.165) is 16.7 Å². The summed E-state index contributed by atoms with van der Waals surface area (Å²) in [5.41, 5.74) is 2.99. The summed E-state index contributed by atoms with van der Waals surface area (Å²) in [6.07, 6.45) is 1.56. The molecule has 4 heteroatoms. The second-order valence-corrected chi connectivity index (χ2v) is 9.75. The quantitative estimate of drug-likeness (QED) is 0.477. The highest BCUT2D eigenvalue weighted by atomic mass is 16.2. The van der Waals surface area contributed by atoms with E-state index in [4.69, 9.17) is 0 Å². The molecular formula is C29H36N2O2. The van der Waals surface area contributed by atoms with Gasteiger partial charge in [-0.2, -0.15) is 0 Å². The summed E-state index contributed by atoms with van der Waals surface area (Å²) in [5.74, 6) is -0.0980. The molecule has 0 unspecified atom stereocenters. The van der Waals surface area contributed by atoms with Crippen LogP contribution in [0.5, 0.6) is 0 Å². The predicted molar refractivity (Wildman–Crippen MR) is 136 cm³/mol. The number of aryl methyl sites for hydroxylation is 2. The monoisotopic (exact) mass is 444 g/mol. The lowest BCUT2D eigenvalue weighted by Gasteiger charge is -2.33. The van der Waals surface area contributed by atoms with Crippen LogP contribution >= 0.6 is 0 Å². The van der Waals surface area contributed by atoms with Gasteiger partial charge in [-0.15, -0.1) is 0 Å². The molecule has 0 bridgehead atoms. The maximum absolute atomic E-state index is 13.6. The molecule has 2 amide bonds. The molecule has 174 valence electrons. The summed E-state index contributed by atoms with van der Waals surface area (Å²) in [6.45, 7) is 10.3. The van der Waals surface area contributed by atoms with E-state index >= 15 is 0 Å². The Labute approximate surface area is 198 Å². The van der Waals surface area contributed by atoms with Gasteiger partial charge < -0.3 is 10.2 Å². The number of hydrogen-bond donors (Lipinski definition) is 1. The van der Waals surface area contributed by atoms with E-state index in [1.165, 1.54) is 10.8 Å². The lowest BCUT2D eigenvalue weighted by Crippen LogP contribution is -2.53. The molecule has 0 heterocycles. The normalized spacial score (nSPS) is 12.4. The Balaban J connectivity index is 1.86. The first-order chi connectivity index (χ1) is 15.7. The minimum absolute atomic E-state index is 0.00194. The first kappa shape index (κ1) is 24.5. The minimum Gasteiger partial charge on any atom is -0.350 e. The molecule has 0 radical (unpaired) electrons. The topological polar surface area (TPSA) is 49.4 Å². The van der Waals surface area contributed by atoms with E-state index in [1.807, 2.05) is 77.1 Å². The Morgan fingerprint density at radius 1 is 0.909 bits per heavy atom. The van der Waals surface area contributed by atoms with Gasteiger partial charge in [-0.25, -0.2) is 0 Å². The number of fused-ring (bicyclic) bond motifs is 1. The molecular weight excluding hydrogens is 408 g/mol. The van der Waals surface area contributed by atoms with Gasteiger partial charge in [-0.3, -0.25) is 9.59 Å². The molecule has 0 saturated heterocycles. The van der Waals surface area contributed by atoms with Crippen molar-refractivity contribution < 1.29 is 9.59 Å². The van der Waals surface area contributed by atoms with E-state index in [1.54, 1.807) is 4.90 Å². The summed E-state index contributed by atoms with van der Waals surface area (Å²) < 4.78 is 0. The molecule has 0 aliphatic carbocycles. The molecule has 0 spiro atoms. The number of carbonyl (C=O) groups excluding carboxylic acids is 2. The first-order valence-corrected chi connectivity index (χ1v) is 11.8. The number of benzene rings is 3. The van der Waals surface area contributed by atoms with Crippen molar-refractivity contribution in [2.75, 3.05) is 0 Å². The van der Waals surface area contributed by atoms with Gasteiger partial charge in [-0.1, -0.05) is 73.7 Å². The van der Waals surface area contributed by atoms with Gasteiger partial charge in [-0.05, 0) is 68.0 Å². The smallest absolute Gasteiger partial charge is 0.243 e. The van der Waals surface area contributed by atoms with Crippen molar-refractivity contribution in [2.45, 2.75) is 72.0 Å². The van der Waals surface area contributed by atoms with Gasteiger partial charge in [0.2, 0.25) is 11.8 Å². The van der Waals surface area contributed by atoms with Crippen LogP contribution in [0.15, 0.2) is 66.7 Å². The van der Waals surface area contributed by atoms with Crippen LogP contribution < -0.4 is 5.32 Å². The summed E-state index contributed by atoms with van der Waals surface area (Å²) in [6, 6.07) is 22.0. The van der Waals surface area contributed by atoms with E-state index < -0.39 is 6.04 Å². The second-order valence-electron chi connectivity index (χ2n) is 9.75. The summed E-state index contributed by atoms with van der Waals surface area (Å²) in [4.78, 5) is 28.5. The SMILES string of the molecule is CC[C@@H](C(=O)NC(C)(C)C)N(Cc1ccccc1C)C(=O)CCc1cccc2ccccc12. The molecule has 0 fully saturated rings. The van der Waals surface area contributed by atoms with Gasteiger partial charge in [0.1, 0.15) is 6.04 Å². The Morgan fingerprint density at radius 2 is 1.55 bits per heavy atom. The third-order valence-electron chi connectivity index (χ3n) is 5.97. The van der Waals surface area contributed by atoms with Crippen molar-refractivity contribution in [1.82, 2.24) is 10.2 Å². The van der Waals surface area contributed by atoms with Crippen LogP contribution in [0.1, 0.15) is 57.2 Å². The Hall–Kier alpha value is -3.14. The number of rotatable bonds is 8. The molecule has 3 aromatic rings. The summed E-state index contributed by atoms with van der Waals surface area (Å²) >= 11 is 0. The van der Waals surface area contributed by atoms with E-state index in [2.05, 4.69) is 29.6 Å². The number of nitrogens with zero attached hydrogens (tertiary/aromatic N) is 1. The van der Waals surface area contributed by atoms with Crippen LogP contribution in [0.25, 0.3) is 10.8 Å². The van der Waals surface area contributed by atoms with E-state index in [0.29, 0.717) is 25.8 Å². The van der Waals surface area contributed by atoms with Crippen molar-refractivity contribution in [2.24, 2.45) is 0 Å². The van der Waals surface area contributed by atoms with Crippen LogP contribution in [0, 0.1) is 6.92 Å². The van der Waals surface area contributed by atoms with Crippen molar-refractivity contribution >= 4 is 22.6 Å². The third kappa shape index (κ3) is 6.44. The molecule has 3 aromatic carbocycles. The van der Waals surface area contributed by atoms with Gasteiger partial charge in [0, 0.05) is 18.5 Å². The molecule has 33 heavy (non-hydrogen) atoms. The highest BCUT2D eigenvalue weighted by molar-refractivity contribution is 5.89. The Morgan fingerprint density at radius 3 is 2.24 bits per heavy atom.